The van der Waals surface area contributed by atoms with Crippen LogP contribution >= 0.6 is 0 Å². The molecule has 1 fully saturated rings. The van der Waals surface area contributed by atoms with Gasteiger partial charge in [-0.1, -0.05) is 0 Å². The maximum absolute atomic E-state index is 12.5. The van der Waals surface area contributed by atoms with Gasteiger partial charge < -0.3 is 10.2 Å². The Labute approximate surface area is 145 Å². The molecule has 1 aromatic rings. The SMILES string of the molecule is CN(C(=O)C(F)(F)F)c1ccc(C(C#N)C(=O)NC2CC2)c([N+](=O)[O-])c1. The molecule has 0 aromatic heterocycles. The first-order chi connectivity index (χ1) is 12.1. The fraction of sp³-hybridized carbons (Fsp3) is 0.400. The van der Waals surface area contributed by atoms with Gasteiger partial charge in [0.1, 0.15) is 0 Å². The second-order valence-corrected chi connectivity index (χ2v) is 5.71. The lowest BCUT2D eigenvalue weighted by Gasteiger charge is -2.19. The summed E-state index contributed by atoms with van der Waals surface area (Å²) in [4.78, 5) is 33.9. The van der Waals surface area contributed by atoms with E-state index in [9.17, 15) is 38.1 Å². The number of anilines is 1. The van der Waals surface area contributed by atoms with Gasteiger partial charge in [-0.3, -0.25) is 19.7 Å². The van der Waals surface area contributed by atoms with Crippen LogP contribution in [0.4, 0.5) is 24.5 Å². The van der Waals surface area contributed by atoms with Gasteiger partial charge in [-0.2, -0.15) is 18.4 Å². The minimum absolute atomic E-state index is 0.0766. The number of nitrogens with zero attached hydrogens (tertiary/aromatic N) is 3. The molecule has 11 heteroatoms. The highest BCUT2D eigenvalue weighted by Gasteiger charge is 2.42. The van der Waals surface area contributed by atoms with E-state index in [-0.39, 0.29) is 22.2 Å². The second-order valence-electron chi connectivity index (χ2n) is 5.71. The summed E-state index contributed by atoms with van der Waals surface area (Å²) in [6, 6.07) is 4.34. The number of amides is 2. The predicted octanol–water partition coefficient (Wildman–Crippen LogP) is 2.01. The topological polar surface area (TPSA) is 116 Å². The van der Waals surface area contributed by atoms with Gasteiger partial charge in [0.2, 0.25) is 5.91 Å². The van der Waals surface area contributed by atoms with Crippen molar-refractivity contribution in [1.29, 1.82) is 5.26 Å². The Morgan fingerprint density at radius 1 is 1.42 bits per heavy atom. The monoisotopic (exact) mass is 370 g/mol. The Hall–Kier alpha value is -3.16. The number of nitriles is 1. The summed E-state index contributed by atoms with van der Waals surface area (Å²) in [5.41, 5.74) is -1.36. The Balaban J connectivity index is 2.39. The van der Waals surface area contributed by atoms with Gasteiger partial charge in [0.25, 0.3) is 5.69 Å². The fourth-order valence-corrected chi connectivity index (χ4v) is 2.23. The number of nitrogens with one attached hydrogen (secondary N) is 1. The Kier molecular flexibility index (Phi) is 5.15. The van der Waals surface area contributed by atoms with Crippen LogP contribution in [0.1, 0.15) is 24.3 Å². The van der Waals surface area contributed by atoms with Crippen molar-refractivity contribution in [2.24, 2.45) is 0 Å². The zero-order valence-electron chi connectivity index (χ0n) is 13.4. The van der Waals surface area contributed by atoms with Crippen LogP contribution in [-0.2, 0) is 9.59 Å². The average Bonchev–Trinajstić information content (AvgIpc) is 3.37. The molecule has 8 nitrogen and oxygen atoms in total. The Morgan fingerprint density at radius 3 is 2.50 bits per heavy atom. The molecular weight excluding hydrogens is 357 g/mol. The molecule has 1 aromatic carbocycles. The van der Waals surface area contributed by atoms with Crippen LogP contribution in [0.5, 0.6) is 0 Å². The third kappa shape index (κ3) is 4.08. The number of carbonyl (C=O) groups is 2. The van der Waals surface area contributed by atoms with Gasteiger partial charge in [0.15, 0.2) is 5.92 Å². The maximum atomic E-state index is 12.5. The average molecular weight is 370 g/mol. The van der Waals surface area contributed by atoms with Crippen molar-refractivity contribution in [3.63, 3.8) is 0 Å². The van der Waals surface area contributed by atoms with E-state index in [1.165, 1.54) is 0 Å². The minimum Gasteiger partial charge on any atom is -0.352 e. The van der Waals surface area contributed by atoms with Gasteiger partial charge in [0, 0.05) is 19.2 Å². The standard InChI is InChI=1S/C15H13F3N4O4/c1-21(14(24)15(16,17)18)9-4-5-10(12(6-9)22(25)26)11(7-19)13(23)20-8-2-3-8/h4-6,8,11H,2-3H2,1H3,(H,20,23). The highest BCUT2D eigenvalue weighted by Crippen LogP contribution is 2.33. The van der Waals surface area contributed by atoms with E-state index in [0.29, 0.717) is 0 Å². The molecule has 0 bridgehead atoms. The first-order valence-electron chi connectivity index (χ1n) is 7.39. The number of nitro groups is 1. The van der Waals surface area contributed by atoms with Crippen LogP contribution in [0.2, 0.25) is 0 Å². The van der Waals surface area contributed by atoms with Crippen molar-refractivity contribution >= 4 is 23.2 Å². The first kappa shape index (κ1) is 19.2. The number of carbonyl (C=O) groups excluding carboxylic acids is 2. The number of hydrogen-bond acceptors (Lipinski definition) is 5. The normalized spacial score (nSPS) is 14.9. The quantitative estimate of drug-likeness (QED) is 0.629. The molecule has 1 aliphatic rings. The van der Waals surface area contributed by atoms with Crippen molar-refractivity contribution in [3.05, 3.63) is 33.9 Å². The molecule has 0 saturated heterocycles. The summed E-state index contributed by atoms with van der Waals surface area (Å²) in [7, 11) is 0.816. The maximum Gasteiger partial charge on any atom is 0.471 e. The number of nitro benzene ring substituents is 1. The first-order valence-corrected chi connectivity index (χ1v) is 7.39. The largest absolute Gasteiger partial charge is 0.471 e. The smallest absolute Gasteiger partial charge is 0.352 e. The van der Waals surface area contributed by atoms with Crippen molar-refractivity contribution in [2.75, 3.05) is 11.9 Å². The molecule has 1 unspecified atom stereocenters. The molecule has 2 rings (SSSR count). The van der Waals surface area contributed by atoms with Gasteiger partial charge in [0.05, 0.1) is 22.2 Å². The number of alkyl halides is 3. The van der Waals surface area contributed by atoms with E-state index < -0.39 is 34.5 Å². The molecule has 0 heterocycles. The van der Waals surface area contributed by atoms with Gasteiger partial charge in [-0.15, -0.1) is 0 Å². The highest BCUT2D eigenvalue weighted by molar-refractivity contribution is 5.97. The van der Waals surface area contributed by atoms with E-state index in [2.05, 4.69) is 5.32 Å². The zero-order valence-corrected chi connectivity index (χ0v) is 13.4. The van der Waals surface area contributed by atoms with Gasteiger partial charge in [-0.25, -0.2) is 0 Å². The lowest BCUT2D eigenvalue weighted by atomic mass is 9.97. The van der Waals surface area contributed by atoms with E-state index in [1.807, 2.05) is 0 Å². The van der Waals surface area contributed by atoms with Crippen LogP contribution < -0.4 is 10.2 Å². The molecular formula is C15H13F3N4O4. The molecule has 0 spiro atoms. The van der Waals surface area contributed by atoms with Crippen LogP contribution in [0, 0.1) is 21.4 Å². The summed E-state index contributed by atoms with van der Waals surface area (Å²) in [5, 5.41) is 23.0. The molecule has 1 atom stereocenters. The molecule has 138 valence electrons. The highest BCUT2D eigenvalue weighted by atomic mass is 19.4. The van der Waals surface area contributed by atoms with E-state index in [4.69, 9.17) is 0 Å². The summed E-state index contributed by atoms with van der Waals surface area (Å²) in [5.74, 6) is -4.41. The van der Waals surface area contributed by atoms with E-state index in [1.54, 1.807) is 6.07 Å². The molecule has 26 heavy (non-hydrogen) atoms. The van der Waals surface area contributed by atoms with Crippen molar-refractivity contribution in [1.82, 2.24) is 5.32 Å². The third-order valence-electron chi connectivity index (χ3n) is 3.77. The molecule has 1 N–H and O–H groups in total. The minimum atomic E-state index is -5.15. The van der Waals surface area contributed by atoms with E-state index >= 15 is 0 Å². The second kappa shape index (κ2) is 6.99. The predicted molar refractivity (Wildman–Crippen MR) is 82.1 cm³/mol. The fourth-order valence-electron chi connectivity index (χ4n) is 2.23. The lowest BCUT2D eigenvalue weighted by molar-refractivity contribution is -0.385. The van der Waals surface area contributed by atoms with Crippen LogP contribution in [0.25, 0.3) is 0 Å². The number of benzene rings is 1. The van der Waals surface area contributed by atoms with Gasteiger partial charge >= 0.3 is 12.1 Å². The molecule has 1 aliphatic carbocycles. The number of halogens is 3. The van der Waals surface area contributed by atoms with E-state index in [0.717, 1.165) is 38.1 Å². The Morgan fingerprint density at radius 2 is 2.04 bits per heavy atom. The molecule has 0 radical (unpaired) electrons. The molecule has 1 saturated carbocycles. The lowest BCUT2D eigenvalue weighted by Crippen LogP contribution is -2.38. The number of rotatable bonds is 5. The summed E-state index contributed by atoms with van der Waals surface area (Å²) in [6.07, 6.45) is -3.66. The number of hydrogen-bond donors (Lipinski definition) is 1. The van der Waals surface area contributed by atoms with Crippen LogP contribution in [0.3, 0.4) is 0 Å². The van der Waals surface area contributed by atoms with Crippen LogP contribution in [0.15, 0.2) is 18.2 Å². The zero-order chi connectivity index (χ0) is 19.6. The molecule has 0 aliphatic heterocycles. The Bertz CT molecular complexity index is 799. The van der Waals surface area contributed by atoms with Gasteiger partial charge in [-0.05, 0) is 25.0 Å². The van der Waals surface area contributed by atoms with Crippen LogP contribution in [-0.4, -0.2) is 36.0 Å². The van der Waals surface area contributed by atoms with Crippen molar-refractivity contribution in [3.8, 4) is 6.07 Å². The summed E-state index contributed by atoms with van der Waals surface area (Å²) < 4.78 is 37.6. The molecule has 2 amide bonds. The van der Waals surface area contributed by atoms with Crippen molar-refractivity contribution in [2.45, 2.75) is 31.0 Å². The third-order valence-corrected chi connectivity index (χ3v) is 3.77. The summed E-state index contributed by atoms with van der Waals surface area (Å²) >= 11 is 0. The summed E-state index contributed by atoms with van der Waals surface area (Å²) in [6.45, 7) is 0. The van der Waals surface area contributed by atoms with Crippen molar-refractivity contribution < 1.29 is 27.7 Å².